The molecule has 0 bridgehead atoms. The Labute approximate surface area is 86.2 Å². The van der Waals surface area contributed by atoms with E-state index in [0.29, 0.717) is 0 Å². The normalized spacial score (nSPS) is 10.8. The van der Waals surface area contributed by atoms with Crippen LogP contribution >= 0.6 is 0 Å². The van der Waals surface area contributed by atoms with Crippen LogP contribution < -0.4 is 10.2 Å². The van der Waals surface area contributed by atoms with E-state index in [1.165, 1.54) is 11.3 Å². The number of nitrogens with zero attached hydrogens (tertiary/aromatic N) is 1. The highest BCUT2D eigenvalue weighted by Gasteiger charge is 1.93. The molecule has 0 amide bonds. The molecule has 0 aromatic heterocycles. The molecule has 0 radical (unpaired) electrons. The number of anilines is 1. The lowest BCUT2D eigenvalue weighted by Gasteiger charge is -2.12. The second-order valence-electron chi connectivity index (χ2n) is 3.45. The van der Waals surface area contributed by atoms with Gasteiger partial charge in [0.25, 0.3) is 0 Å². The summed E-state index contributed by atoms with van der Waals surface area (Å²) in [4.78, 5) is 2.11. The maximum Gasteiger partial charge on any atom is 0.0367 e. The van der Waals surface area contributed by atoms with Gasteiger partial charge in [-0.3, -0.25) is 0 Å². The summed E-state index contributed by atoms with van der Waals surface area (Å²) in [5.74, 6) is 0. The summed E-state index contributed by atoms with van der Waals surface area (Å²) in [6, 6.07) is 8.47. The summed E-state index contributed by atoms with van der Waals surface area (Å²) in [6.07, 6.45) is 4.25. The zero-order valence-corrected chi connectivity index (χ0v) is 9.12. The van der Waals surface area contributed by atoms with Gasteiger partial charge < -0.3 is 10.2 Å². The third-order valence-corrected chi connectivity index (χ3v) is 2.02. The Morgan fingerprint density at radius 2 is 2.14 bits per heavy atom. The molecule has 0 heterocycles. The molecule has 0 aliphatic carbocycles. The number of benzene rings is 1. The Kier molecular flexibility index (Phi) is 4.20. The van der Waals surface area contributed by atoms with E-state index in [4.69, 9.17) is 0 Å². The lowest BCUT2D eigenvalue weighted by atomic mass is 10.2. The number of nitrogens with one attached hydrogen (secondary N) is 1. The van der Waals surface area contributed by atoms with Crippen LogP contribution in [0.15, 0.2) is 30.3 Å². The first-order valence-electron chi connectivity index (χ1n) is 4.82. The zero-order chi connectivity index (χ0) is 10.4. The number of hydrogen-bond donors (Lipinski definition) is 1. The summed E-state index contributed by atoms with van der Waals surface area (Å²) in [7, 11) is 6.05. The Balaban J connectivity index is 2.73. The smallest absolute Gasteiger partial charge is 0.0367 e. The predicted octanol–water partition coefficient (Wildman–Crippen LogP) is 1.99. The van der Waals surface area contributed by atoms with Gasteiger partial charge in [0.2, 0.25) is 0 Å². The highest BCUT2D eigenvalue weighted by molar-refractivity contribution is 5.57. The molecule has 1 aromatic carbocycles. The first-order valence-corrected chi connectivity index (χ1v) is 4.82. The second-order valence-corrected chi connectivity index (χ2v) is 3.45. The first kappa shape index (κ1) is 10.8. The second kappa shape index (κ2) is 5.45. The van der Waals surface area contributed by atoms with Crippen molar-refractivity contribution in [3.63, 3.8) is 0 Å². The largest absolute Gasteiger partial charge is 0.378 e. The lowest BCUT2D eigenvalue weighted by molar-refractivity contribution is 0.922. The Hall–Kier alpha value is -1.28. The minimum Gasteiger partial charge on any atom is -0.378 e. The van der Waals surface area contributed by atoms with E-state index < -0.39 is 0 Å². The Morgan fingerprint density at radius 3 is 2.79 bits per heavy atom. The van der Waals surface area contributed by atoms with Crippen molar-refractivity contribution in [1.82, 2.24) is 5.32 Å². The van der Waals surface area contributed by atoms with Crippen LogP contribution in [-0.4, -0.2) is 27.7 Å². The molecule has 2 heteroatoms. The van der Waals surface area contributed by atoms with Gasteiger partial charge in [-0.05, 0) is 24.7 Å². The molecule has 76 valence electrons. The standard InChI is InChI=1S/C12H18N2/c1-13-9-5-7-11-6-4-8-12(10-11)14(2)3/h4-8,10,13H,9H2,1-3H3. The number of rotatable bonds is 4. The summed E-state index contributed by atoms with van der Waals surface area (Å²) in [5, 5.41) is 3.08. The van der Waals surface area contributed by atoms with E-state index in [-0.39, 0.29) is 0 Å². The van der Waals surface area contributed by atoms with Crippen molar-refractivity contribution < 1.29 is 0 Å². The van der Waals surface area contributed by atoms with Gasteiger partial charge in [-0.15, -0.1) is 0 Å². The van der Waals surface area contributed by atoms with E-state index in [0.717, 1.165) is 6.54 Å². The van der Waals surface area contributed by atoms with Crippen LogP contribution in [0, 0.1) is 0 Å². The van der Waals surface area contributed by atoms with Crippen molar-refractivity contribution in [2.24, 2.45) is 0 Å². The zero-order valence-electron chi connectivity index (χ0n) is 9.12. The summed E-state index contributed by atoms with van der Waals surface area (Å²) >= 11 is 0. The molecule has 1 N–H and O–H groups in total. The maximum absolute atomic E-state index is 3.08. The highest BCUT2D eigenvalue weighted by atomic mass is 15.1. The quantitative estimate of drug-likeness (QED) is 0.781. The van der Waals surface area contributed by atoms with Gasteiger partial charge >= 0.3 is 0 Å². The molecular formula is C12H18N2. The van der Waals surface area contributed by atoms with Crippen LogP contribution in [0.1, 0.15) is 5.56 Å². The third kappa shape index (κ3) is 3.23. The molecule has 14 heavy (non-hydrogen) atoms. The van der Waals surface area contributed by atoms with Crippen LogP contribution in [-0.2, 0) is 0 Å². The highest BCUT2D eigenvalue weighted by Crippen LogP contribution is 2.14. The van der Waals surface area contributed by atoms with E-state index in [1.807, 2.05) is 7.05 Å². The monoisotopic (exact) mass is 190 g/mol. The average molecular weight is 190 g/mol. The molecule has 0 saturated heterocycles. The van der Waals surface area contributed by atoms with Gasteiger partial charge in [-0.2, -0.15) is 0 Å². The van der Waals surface area contributed by atoms with Crippen molar-refractivity contribution in [2.45, 2.75) is 0 Å². The van der Waals surface area contributed by atoms with Crippen molar-refractivity contribution in [1.29, 1.82) is 0 Å². The predicted molar refractivity (Wildman–Crippen MR) is 63.7 cm³/mol. The van der Waals surface area contributed by atoms with Crippen LogP contribution in [0.3, 0.4) is 0 Å². The van der Waals surface area contributed by atoms with E-state index in [2.05, 4.69) is 60.7 Å². The topological polar surface area (TPSA) is 15.3 Å². The first-order chi connectivity index (χ1) is 6.74. The van der Waals surface area contributed by atoms with E-state index >= 15 is 0 Å². The van der Waals surface area contributed by atoms with Crippen LogP contribution in [0.5, 0.6) is 0 Å². The SMILES string of the molecule is CNCC=Cc1cccc(N(C)C)c1. The summed E-state index contributed by atoms with van der Waals surface area (Å²) in [6.45, 7) is 0.909. The summed E-state index contributed by atoms with van der Waals surface area (Å²) < 4.78 is 0. The number of likely N-dealkylation sites (N-methyl/N-ethyl adjacent to an activating group) is 1. The van der Waals surface area contributed by atoms with Crippen molar-refractivity contribution >= 4 is 11.8 Å². The fourth-order valence-electron chi connectivity index (χ4n) is 1.22. The molecule has 0 fully saturated rings. The molecule has 0 spiro atoms. The minimum absolute atomic E-state index is 0.909. The fourth-order valence-corrected chi connectivity index (χ4v) is 1.22. The molecule has 0 aliphatic heterocycles. The van der Waals surface area contributed by atoms with Crippen LogP contribution in [0.4, 0.5) is 5.69 Å². The van der Waals surface area contributed by atoms with Crippen LogP contribution in [0.25, 0.3) is 6.08 Å². The fraction of sp³-hybridized carbons (Fsp3) is 0.333. The van der Waals surface area contributed by atoms with Crippen LogP contribution in [0.2, 0.25) is 0 Å². The van der Waals surface area contributed by atoms with Gasteiger partial charge in [0, 0.05) is 26.3 Å². The third-order valence-electron chi connectivity index (χ3n) is 2.02. The van der Waals surface area contributed by atoms with Gasteiger partial charge in [0.05, 0.1) is 0 Å². The lowest BCUT2D eigenvalue weighted by Crippen LogP contribution is -2.08. The Morgan fingerprint density at radius 1 is 1.36 bits per heavy atom. The number of hydrogen-bond acceptors (Lipinski definition) is 2. The van der Waals surface area contributed by atoms with Gasteiger partial charge in [0.15, 0.2) is 0 Å². The molecular weight excluding hydrogens is 172 g/mol. The van der Waals surface area contributed by atoms with Crippen molar-refractivity contribution in [2.75, 3.05) is 32.6 Å². The average Bonchev–Trinajstić information content (AvgIpc) is 2.19. The van der Waals surface area contributed by atoms with E-state index in [1.54, 1.807) is 0 Å². The van der Waals surface area contributed by atoms with Gasteiger partial charge in [-0.1, -0.05) is 24.3 Å². The molecule has 1 rings (SSSR count). The van der Waals surface area contributed by atoms with Gasteiger partial charge in [0.1, 0.15) is 0 Å². The Bertz CT molecular complexity index is 303. The molecule has 2 nitrogen and oxygen atoms in total. The molecule has 1 aromatic rings. The van der Waals surface area contributed by atoms with Crippen molar-refractivity contribution in [3.8, 4) is 0 Å². The van der Waals surface area contributed by atoms with Gasteiger partial charge in [-0.25, -0.2) is 0 Å². The minimum atomic E-state index is 0.909. The van der Waals surface area contributed by atoms with Crippen molar-refractivity contribution in [3.05, 3.63) is 35.9 Å². The summed E-state index contributed by atoms with van der Waals surface area (Å²) in [5.41, 5.74) is 2.48. The maximum atomic E-state index is 3.08. The molecule has 0 aliphatic rings. The molecule has 0 saturated carbocycles. The molecule has 0 atom stereocenters. The van der Waals surface area contributed by atoms with E-state index in [9.17, 15) is 0 Å². The molecule has 0 unspecified atom stereocenters.